The van der Waals surface area contributed by atoms with E-state index in [1.165, 1.54) is 12.8 Å². The van der Waals surface area contributed by atoms with Crippen molar-refractivity contribution >= 4 is 29.1 Å². The topological polar surface area (TPSA) is 59.5 Å². The Hall–Kier alpha value is -2.21. The molecule has 2 heterocycles. The lowest BCUT2D eigenvalue weighted by atomic mass is 10.2. The Kier molecular flexibility index (Phi) is 4.94. The summed E-state index contributed by atoms with van der Waals surface area (Å²) < 4.78 is 10.7. The van der Waals surface area contributed by atoms with Crippen LogP contribution in [0.2, 0.25) is 5.02 Å². The van der Waals surface area contributed by atoms with Crippen molar-refractivity contribution in [2.75, 3.05) is 37.5 Å². The molecule has 0 spiro atoms. The molecule has 0 radical (unpaired) electrons. The Morgan fingerprint density at radius 2 is 1.75 bits per heavy atom. The van der Waals surface area contributed by atoms with Gasteiger partial charge in [-0.25, -0.2) is 4.98 Å². The number of nitrogens with one attached hydrogen (secondary N) is 1. The van der Waals surface area contributed by atoms with Gasteiger partial charge in [0.05, 0.1) is 24.9 Å². The highest BCUT2D eigenvalue weighted by atomic mass is 35.5. The van der Waals surface area contributed by atoms with Crippen molar-refractivity contribution in [3.63, 3.8) is 0 Å². The van der Waals surface area contributed by atoms with E-state index >= 15 is 0 Å². The molecule has 0 aliphatic carbocycles. The molecule has 0 bridgehead atoms. The van der Waals surface area contributed by atoms with Gasteiger partial charge < -0.3 is 19.7 Å². The van der Waals surface area contributed by atoms with Crippen LogP contribution in [0.15, 0.2) is 18.2 Å². The van der Waals surface area contributed by atoms with Gasteiger partial charge in [-0.05, 0) is 19.8 Å². The molecular formula is C17H21ClN4O2. The number of methoxy groups -OCH3 is 2. The summed E-state index contributed by atoms with van der Waals surface area (Å²) in [7, 11) is 3.17. The van der Waals surface area contributed by atoms with Crippen LogP contribution >= 0.6 is 11.6 Å². The highest BCUT2D eigenvalue weighted by Gasteiger charge is 2.16. The lowest BCUT2D eigenvalue weighted by Gasteiger charge is -2.18. The van der Waals surface area contributed by atoms with Crippen LogP contribution in [-0.4, -0.2) is 37.3 Å². The second kappa shape index (κ2) is 7.13. The van der Waals surface area contributed by atoms with Gasteiger partial charge in [-0.2, -0.15) is 4.98 Å². The minimum atomic E-state index is 0.489. The smallest absolute Gasteiger partial charge is 0.229 e. The molecule has 1 aliphatic rings. The maximum absolute atomic E-state index is 6.15. The van der Waals surface area contributed by atoms with Crippen LogP contribution in [-0.2, 0) is 0 Å². The van der Waals surface area contributed by atoms with Crippen LogP contribution in [0.3, 0.4) is 0 Å². The average Bonchev–Trinajstić information content (AvgIpc) is 3.10. The minimum Gasteiger partial charge on any atom is -0.495 e. The van der Waals surface area contributed by atoms with E-state index in [0.717, 1.165) is 24.6 Å². The first kappa shape index (κ1) is 16.6. The van der Waals surface area contributed by atoms with Crippen LogP contribution in [0, 0.1) is 6.92 Å². The van der Waals surface area contributed by atoms with Gasteiger partial charge in [0.25, 0.3) is 0 Å². The first-order valence-corrected chi connectivity index (χ1v) is 8.27. The highest BCUT2D eigenvalue weighted by molar-refractivity contribution is 6.32. The maximum atomic E-state index is 6.15. The number of aromatic nitrogens is 2. The zero-order chi connectivity index (χ0) is 17.1. The fourth-order valence-electron chi connectivity index (χ4n) is 2.79. The number of aryl methyl sites for hydroxylation is 1. The Morgan fingerprint density at radius 3 is 2.42 bits per heavy atom. The Morgan fingerprint density at radius 1 is 1.04 bits per heavy atom. The summed E-state index contributed by atoms with van der Waals surface area (Å²) >= 11 is 6.15. The summed E-state index contributed by atoms with van der Waals surface area (Å²) in [6.45, 7) is 4.04. The molecular weight excluding hydrogens is 328 g/mol. The van der Waals surface area contributed by atoms with Gasteiger partial charge in [0.2, 0.25) is 5.95 Å². The van der Waals surface area contributed by atoms with Crippen LogP contribution in [0.4, 0.5) is 17.5 Å². The second-order valence-corrected chi connectivity index (χ2v) is 6.10. The molecule has 2 aromatic rings. The molecule has 1 aromatic carbocycles. The van der Waals surface area contributed by atoms with Gasteiger partial charge in [-0.15, -0.1) is 0 Å². The van der Waals surface area contributed by atoms with E-state index in [1.54, 1.807) is 26.4 Å². The minimum absolute atomic E-state index is 0.489. The number of ether oxygens (including phenoxy) is 2. The number of halogens is 1. The van der Waals surface area contributed by atoms with Gasteiger partial charge in [-0.3, -0.25) is 0 Å². The number of hydrogen-bond donors (Lipinski definition) is 1. The van der Waals surface area contributed by atoms with Crippen LogP contribution in [0.25, 0.3) is 0 Å². The molecule has 1 aliphatic heterocycles. The van der Waals surface area contributed by atoms with Crippen LogP contribution in [0.5, 0.6) is 11.5 Å². The number of rotatable bonds is 5. The number of hydrogen-bond acceptors (Lipinski definition) is 6. The van der Waals surface area contributed by atoms with Crippen molar-refractivity contribution < 1.29 is 9.47 Å². The standard InChI is InChI=1S/C17H21ClN4O2/c1-11-8-16(22-6-4-5-7-22)21-17(19-11)20-13-10-14(23-2)12(18)9-15(13)24-3/h8-10H,4-7H2,1-3H3,(H,19,20,21). The summed E-state index contributed by atoms with van der Waals surface area (Å²) in [4.78, 5) is 11.4. The van der Waals surface area contributed by atoms with Crippen LogP contribution < -0.4 is 19.7 Å². The second-order valence-electron chi connectivity index (χ2n) is 5.70. The molecule has 7 heteroatoms. The van der Waals surface area contributed by atoms with Gasteiger partial charge in [0, 0.05) is 37.0 Å². The molecule has 128 valence electrons. The molecule has 0 amide bonds. The monoisotopic (exact) mass is 348 g/mol. The third-order valence-corrected chi connectivity index (χ3v) is 4.29. The molecule has 1 aromatic heterocycles. The van der Waals surface area contributed by atoms with Gasteiger partial charge in [0.15, 0.2) is 0 Å². The largest absolute Gasteiger partial charge is 0.495 e. The number of anilines is 3. The average molecular weight is 349 g/mol. The number of benzene rings is 1. The predicted octanol–water partition coefficient (Wildman–Crippen LogP) is 3.80. The van der Waals surface area contributed by atoms with Crippen molar-refractivity contribution in [1.29, 1.82) is 0 Å². The fraction of sp³-hybridized carbons (Fsp3) is 0.412. The van der Waals surface area contributed by atoms with Gasteiger partial charge in [0.1, 0.15) is 17.3 Å². The van der Waals surface area contributed by atoms with Gasteiger partial charge >= 0.3 is 0 Å². The predicted molar refractivity (Wildman–Crippen MR) is 96.1 cm³/mol. The van der Waals surface area contributed by atoms with E-state index in [2.05, 4.69) is 20.2 Å². The normalized spacial score (nSPS) is 13.9. The third-order valence-electron chi connectivity index (χ3n) is 3.99. The SMILES string of the molecule is COc1cc(Nc2nc(C)cc(N3CCCC3)n2)c(OC)cc1Cl. The molecule has 24 heavy (non-hydrogen) atoms. The summed E-state index contributed by atoms with van der Waals surface area (Å²) in [6, 6.07) is 5.50. The molecule has 0 saturated carbocycles. The first-order valence-electron chi connectivity index (χ1n) is 7.90. The summed E-state index contributed by atoms with van der Waals surface area (Å²) in [5.74, 6) is 2.64. The first-order chi connectivity index (χ1) is 11.6. The van der Waals surface area contributed by atoms with E-state index < -0.39 is 0 Å². The Bertz CT molecular complexity index is 733. The van der Waals surface area contributed by atoms with Crippen molar-refractivity contribution in [3.05, 3.63) is 28.9 Å². The summed E-state index contributed by atoms with van der Waals surface area (Å²) in [5.41, 5.74) is 1.62. The van der Waals surface area contributed by atoms with Crippen molar-refractivity contribution in [2.24, 2.45) is 0 Å². The Balaban J connectivity index is 1.93. The van der Waals surface area contributed by atoms with E-state index in [4.69, 9.17) is 21.1 Å². The molecule has 0 unspecified atom stereocenters. The molecule has 3 rings (SSSR count). The van der Waals surface area contributed by atoms with Gasteiger partial charge in [-0.1, -0.05) is 11.6 Å². The third kappa shape index (κ3) is 3.48. The zero-order valence-electron chi connectivity index (χ0n) is 14.1. The summed E-state index contributed by atoms with van der Waals surface area (Å²) in [6.07, 6.45) is 2.40. The number of nitrogens with zero attached hydrogens (tertiary/aromatic N) is 3. The lowest BCUT2D eigenvalue weighted by Crippen LogP contribution is -2.19. The molecule has 6 nitrogen and oxygen atoms in total. The molecule has 1 saturated heterocycles. The van der Waals surface area contributed by atoms with Crippen molar-refractivity contribution in [3.8, 4) is 11.5 Å². The summed E-state index contributed by atoms with van der Waals surface area (Å²) in [5, 5.41) is 3.71. The maximum Gasteiger partial charge on any atom is 0.229 e. The Labute approximate surface area is 146 Å². The van der Waals surface area contributed by atoms with Crippen molar-refractivity contribution in [2.45, 2.75) is 19.8 Å². The molecule has 1 fully saturated rings. The van der Waals surface area contributed by atoms with E-state index in [-0.39, 0.29) is 0 Å². The van der Waals surface area contributed by atoms with E-state index in [1.807, 2.05) is 13.0 Å². The molecule has 1 N–H and O–H groups in total. The zero-order valence-corrected chi connectivity index (χ0v) is 14.9. The quantitative estimate of drug-likeness (QED) is 0.886. The van der Waals surface area contributed by atoms with Crippen LogP contribution in [0.1, 0.15) is 18.5 Å². The molecule has 0 atom stereocenters. The highest BCUT2D eigenvalue weighted by Crippen LogP contribution is 2.37. The fourth-order valence-corrected chi connectivity index (χ4v) is 3.03. The van der Waals surface area contributed by atoms with E-state index in [0.29, 0.717) is 28.2 Å². The van der Waals surface area contributed by atoms with Crippen molar-refractivity contribution in [1.82, 2.24) is 9.97 Å². The van der Waals surface area contributed by atoms with E-state index in [9.17, 15) is 0 Å². The lowest BCUT2D eigenvalue weighted by molar-refractivity contribution is 0.405.